The van der Waals surface area contributed by atoms with Crippen LogP contribution in [0.1, 0.15) is 257 Å². The Kier molecular flexibility index (Phi) is 15.7. The first-order valence-electron chi connectivity index (χ1n) is 29.5. The molecule has 1 unspecified atom stereocenters. The van der Waals surface area contributed by atoms with E-state index >= 15 is 0 Å². The maximum Gasteiger partial charge on any atom is 0.145 e. The van der Waals surface area contributed by atoms with Crippen molar-refractivity contribution >= 4 is 6.29 Å². The molecule has 0 heterocycles. The van der Waals surface area contributed by atoms with Gasteiger partial charge < -0.3 is 21.9 Å². The second-order valence-electron chi connectivity index (χ2n) is 31.3. The van der Waals surface area contributed by atoms with Crippen LogP contribution in [0.15, 0.2) is 11.6 Å². The maximum atomic E-state index is 12.9. The van der Waals surface area contributed by atoms with Gasteiger partial charge in [0.05, 0.1) is 0 Å². The van der Waals surface area contributed by atoms with Gasteiger partial charge in [0.1, 0.15) is 6.29 Å². The first-order valence-corrected chi connectivity index (χ1v) is 29.5. The molecule has 0 amide bonds. The predicted molar refractivity (Wildman–Crippen MR) is 290 cm³/mol. The third kappa shape index (κ3) is 7.83. The van der Waals surface area contributed by atoms with Gasteiger partial charge >= 0.3 is 0 Å². The van der Waals surface area contributed by atoms with Gasteiger partial charge in [0.15, 0.2) is 0 Å². The Morgan fingerprint density at radius 3 is 1.17 bits per heavy atom. The lowest BCUT2D eigenvalue weighted by molar-refractivity contribution is -0.241. The van der Waals surface area contributed by atoms with Crippen molar-refractivity contribution in [2.45, 2.75) is 257 Å². The predicted octanol–water partition coefficient (Wildman–Crippen LogP) is 15.2. The molecule has 10 fully saturated rings. The van der Waals surface area contributed by atoms with E-state index in [-0.39, 0.29) is 21.9 Å². The molecule has 0 spiro atoms. The molecule has 0 saturated heterocycles. The van der Waals surface area contributed by atoms with Crippen molar-refractivity contribution in [3.63, 3.8) is 0 Å². The van der Waals surface area contributed by atoms with Crippen LogP contribution < -0.4 is 0 Å². The van der Waals surface area contributed by atoms with Gasteiger partial charge in [0.2, 0.25) is 0 Å². The molecular weight excluding hydrogens is 849 g/mol. The SMILES string of the molecule is CC(CC/C=C(\C=O)C[C@@H](C)[C@H]1CC[C@]2(C)[C@H]3CC[C@@H]4[C@@]5(C)CCCC(C)(C)[C@@H]5CC[C@@]4(C)[C@]3(C)CC[C@@H]12)[C@H]1CC[C@]2(C)[C@H]3CC[C@@H]4[C@@]5(C)CCCC(C)(C)[C@@H]5CC[C@@]4(C)[C@]3(C)CC[C@@H]12.O.O.O.O. The zero-order valence-electron chi connectivity index (χ0n) is 47.7. The minimum atomic E-state index is 0. The lowest BCUT2D eigenvalue weighted by Gasteiger charge is -2.73. The highest BCUT2D eigenvalue weighted by Gasteiger charge is 2.72. The van der Waals surface area contributed by atoms with Gasteiger partial charge in [-0.05, 0) is 278 Å². The summed E-state index contributed by atoms with van der Waals surface area (Å²) in [6.45, 7) is 38.2. The van der Waals surface area contributed by atoms with Gasteiger partial charge in [-0.3, -0.25) is 4.79 Å². The first-order chi connectivity index (χ1) is 30.4. The monoisotopic (exact) mass is 963 g/mol. The standard InChI is InChI=1S/C64H106O.4H2O/c1-42(45-24-34-57(7)47(45)26-36-61(11)51(57)20-22-53-59(9)32-16-30-55(3,4)49(59)28-38-63(53,61)13)18-15-19-44(41-65)40-43(2)46-25-35-58(8)48(46)27-37-62(12)52(58)21-23-54-60(10)33-17-31-56(5,6)50(60)29-39-64(54,62)14;;;;/h19,41-43,45-54H,15-18,20-40H2,1-14H3;4*1H2/b44-19-;;;;/t42?,43-,45-,46-,47+,48+,49+,50+,51-,52-,53-,54-,57+,58+,59+,60+,61-,62-,63-,64-;;;;/m1..../s1. The summed E-state index contributed by atoms with van der Waals surface area (Å²) < 4.78 is 0. The number of allylic oxidation sites excluding steroid dienone is 2. The van der Waals surface area contributed by atoms with Gasteiger partial charge in [0.25, 0.3) is 0 Å². The average molecular weight is 964 g/mol. The number of fused-ring (bicyclic) bond motifs is 14. The Bertz CT molecular complexity index is 1870. The molecule has 20 atom stereocenters. The van der Waals surface area contributed by atoms with Gasteiger partial charge in [-0.15, -0.1) is 0 Å². The Morgan fingerprint density at radius 2 is 0.783 bits per heavy atom. The average Bonchev–Trinajstić information content (AvgIpc) is 3.77. The van der Waals surface area contributed by atoms with E-state index in [1.165, 1.54) is 154 Å². The van der Waals surface area contributed by atoms with Crippen LogP contribution in [-0.4, -0.2) is 28.2 Å². The second-order valence-corrected chi connectivity index (χ2v) is 31.3. The number of aldehydes is 1. The zero-order valence-corrected chi connectivity index (χ0v) is 47.7. The molecule has 5 nitrogen and oxygen atoms in total. The van der Waals surface area contributed by atoms with E-state index in [9.17, 15) is 4.79 Å². The van der Waals surface area contributed by atoms with Crippen molar-refractivity contribution in [3.8, 4) is 0 Å². The largest absolute Gasteiger partial charge is 0.412 e. The number of rotatable bonds is 8. The maximum absolute atomic E-state index is 12.9. The first kappa shape index (κ1) is 57.5. The van der Waals surface area contributed by atoms with Crippen molar-refractivity contribution in [2.24, 2.45) is 125 Å². The third-order valence-electron chi connectivity index (χ3n) is 28.7. The molecule has 8 N–H and O–H groups in total. The Labute approximate surface area is 425 Å². The lowest BCUT2D eigenvalue weighted by atomic mass is 9.32. The molecule has 0 aromatic heterocycles. The molecule has 10 aliphatic rings. The summed E-state index contributed by atoms with van der Waals surface area (Å²) in [4.78, 5) is 12.9. The van der Waals surface area contributed by atoms with Gasteiger partial charge in [-0.25, -0.2) is 0 Å². The van der Waals surface area contributed by atoms with E-state index in [0.717, 1.165) is 83.5 Å². The molecular formula is C64H114O5. The van der Waals surface area contributed by atoms with Crippen LogP contribution in [-0.2, 0) is 4.79 Å². The molecule has 5 heteroatoms. The normalized spacial score (nSPS) is 51.9. The molecule has 0 aromatic carbocycles. The number of hydrogen-bond acceptors (Lipinski definition) is 1. The summed E-state index contributed by atoms with van der Waals surface area (Å²) in [5.74, 6) is 10.2. The van der Waals surface area contributed by atoms with Crippen molar-refractivity contribution in [1.29, 1.82) is 0 Å². The lowest BCUT2D eigenvalue weighted by Crippen LogP contribution is -2.65. The summed E-state index contributed by atoms with van der Waals surface area (Å²) in [5.41, 5.74) is 6.14. The Morgan fingerprint density at radius 1 is 0.420 bits per heavy atom. The molecule has 0 radical (unpaired) electrons. The van der Waals surface area contributed by atoms with Crippen LogP contribution in [0.25, 0.3) is 0 Å². The van der Waals surface area contributed by atoms with Crippen molar-refractivity contribution in [2.75, 3.05) is 0 Å². The third-order valence-corrected chi connectivity index (χ3v) is 28.7. The van der Waals surface area contributed by atoms with E-state index in [1.807, 2.05) is 0 Å². The fraction of sp³-hybridized carbons (Fsp3) is 0.953. The topological polar surface area (TPSA) is 143 Å². The zero-order chi connectivity index (χ0) is 46.6. The molecule has 69 heavy (non-hydrogen) atoms. The smallest absolute Gasteiger partial charge is 0.145 e. The molecule has 0 aromatic rings. The van der Waals surface area contributed by atoms with Crippen LogP contribution in [0.3, 0.4) is 0 Å². The van der Waals surface area contributed by atoms with Crippen molar-refractivity contribution in [3.05, 3.63) is 11.6 Å². The quantitative estimate of drug-likeness (QED) is 0.173. The highest BCUT2D eigenvalue weighted by atomic mass is 16.1. The highest BCUT2D eigenvalue weighted by molar-refractivity contribution is 5.73. The van der Waals surface area contributed by atoms with Crippen molar-refractivity contribution in [1.82, 2.24) is 0 Å². The van der Waals surface area contributed by atoms with Crippen LogP contribution >= 0.6 is 0 Å². The minimum absolute atomic E-state index is 0. The fourth-order valence-corrected chi connectivity index (χ4v) is 25.5. The van der Waals surface area contributed by atoms with E-state index in [0.29, 0.717) is 60.1 Å². The molecule has 10 aliphatic carbocycles. The van der Waals surface area contributed by atoms with Gasteiger partial charge in [0, 0.05) is 0 Å². The van der Waals surface area contributed by atoms with Crippen LogP contribution in [0.2, 0.25) is 0 Å². The molecule has 10 saturated carbocycles. The summed E-state index contributed by atoms with van der Waals surface area (Å²) in [6, 6.07) is 0. The van der Waals surface area contributed by atoms with Crippen LogP contribution in [0, 0.1) is 125 Å². The molecule has 400 valence electrons. The fourth-order valence-electron chi connectivity index (χ4n) is 25.5. The highest BCUT2D eigenvalue weighted by Crippen LogP contribution is 2.80. The number of carbonyl (C=O) groups is 1. The Balaban J connectivity index is 0.00000196. The molecule has 10 rings (SSSR count). The van der Waals surface area contributed by atoms with E-state index in [2.05, 4.69) is 103 Å². The summed E-state index contributed by atoms with van der Waals surface area (Å²) in [7, 11) is 0. The number of hydrogen-bond donors (Lipinski definition) is 0. The second kappa shape index (κ2) is 18.8. The Hall–Kier alpha value is -0.750. The minimum Gasteiger partial charge on any atom is -0.412 e. The van der Waals surface area contributed by atoms with Crippen LogP contribution in [0.4, 0.5) is 0 Å². The van der Waals surface area contributed by atoms with E-state index in [1.54, 1.807) is 0 Å². The van der Waals surface area contributed by atoms with E-state index in [4.69, 9.17) is 0 Å². The number of carbonyl (C=O) groups excluding carboxylic acids is 1. The summed E-state index contributed by atoms with van der Waals surface area (Å²) >= 11 is 0. The van der Waals surface area contributed by atoms with Gasteiger partial charge in [-0.2, -0.15) is 0 Å². The summed E-state index contributed by atoms with van der Waals surface area (Å²) in [5, 5.41) is 0. The van der Waals surface area contributed by atoms with Crippen LogP contribution in [0.5, 0.6) is 0 Å². The van der Waals surface area contributed by atoms with E-state index < -0.39 is 0 Å². The summed E-state index contributed by atoms with van der Waals surface area (Å²) in [6.07, 6.45) is 39.3. The molecule has 0 aliphatic heterocycles. The van der Waals surface area contributed by atoms with Gasteiger partial charge in [-0.1, -0.05) is 116 Å². The molecule has 0 bridgehead atoms. The van der Waals surface area contributed by atoms with Crippen molar-refractivity contribution < 1.29 is 26.7 Å².